The second-order valence-corrected chi connectivity index (χ2v) is 4.24. The Morgan fingerprint density at radius 1 is 0.500 bits per heavy atom. The van der Waals surface area contributed by atoms with Gasteiger partial charge >= 0.3 is 0 Å². The van der Waals surface area contributed by atoms with E-state index in [0.717, 1.165) is 0 Å². The van der Waals surface area contributed by atoms with Gasteiger partial charge in [-0.05, 0) is 38.8 Å². The maximum atomic E-state index is 2.12. The van der Waals surface area contributed by atoms with Gasteiger partial charge in [0, 0.05) is 0 Å². The lowest BCUT2D eigenvalue weighted by molar-refractivity contribution is 1.34. The molecule has 0 bridgehead atoms. The largest absolute Gasteiger partial charge is 0.0620 e. The number of aryl methyl sites for hydroxylation is 4. The van der Waals surface area contributed by atoms with Crippen LogP contribution in [0.5, 0.6) is 0 Å². The van der Waals surface area contributed by atoms with Crippen LogP contribution in [0, 0.1) is 27.7 Å². The summed E-state index contributed by atoms with van der Waals surface area (Å²) >= 11 is 0. The molecule has 0 heterocycles. The first-order chi connectivity index (χ1) is 7.59. The summed E-state index contributed by atoms with van der Waals surface area (Å²) in [5.41, 5.74) is 5.39. The lowest BCUT2D eigenvalue weighted by Crippen LogP contribution is -1.74. The number of hydrogen-bond donors (Lipinski definition) is 0. The fraction of sp³-hybridized carbons (Fsp3) is 0.250. The average Bonchev–Trinajstić information content (AvgIpc) is 2.28. The van der Waals surface area contributed by atoms with E-state index in [1.54, 1.807) is 0 Å². The molecule has 0 spiro atoms. The van der Waals surface area contributed by atoms with Crippen LogP contribution in [0.15, 0.2) is 48.5 Å². The maximum absolute atomic E-state index is 2.12. The van der Waals surface area contributed by atoms with E-state index in [-0.39, 0.29) is 0 Å². The summed E-state index contributed by atoms with van der Waals surface area (Å²) in [6.07, 6.45) is 0. The van der Waals surface area contributed by atoms with Crippen molar-refractivity contribution in [2.45, 2.75) is 27.7 Å². The molecule has 16 heavy (non-hydrogen) atoms. The SMILES string of the molecule is Cc1ccc(C)cc1.Cc1ccccc1C. The van der Waals surface area contributed by atoms with Crippen molar-refractivity contribution in [3.63, 3.8) is 0 Å². The van der Waals surface area contributed by atoms with Gasteiger partial charge in [0.2, 0.25) is 0 Å². The highest BCUT2D eigenvalue weighted by molar-refractivity contribution is 5.23. The summed E-state index contributed by atoms with van der Waals surface area (Å²) in [5, 5.41) is 0. The fourth-order valence-corrected chi connectivity index (χ4v) is 1.30. The molecule has 0 aliphatic rings. The first-order valence-corrected chi connectivity index (χ1v) is 5.65. The highest BCUT2D eigenvalue weighted by Crippen LogP contribution is 2.02. The average molecular weight is 212 g/mol. The molecule has 0 nitrogen and oxygen atoms in total. The molecule has 84 valence electrons. The van der Waals surface area contributed by atoms with Crippen molar-refractivity contribution in [3.8, 4) is 0 Å². The lowest BCUT2D eigenvalue weighted by Gasteiger charge is -1.93. The minimum absolute atomic E-state index is 1.33. The van der Waals surface area contributed by atoms with E-state index >= 15 is 0 Å². The molecule has 0 aliphatic heterocycles. The van der Waals surface area contributed by atoms with Crippen molar-refractivity contribution in [2.24, 2.45) is 0 Å². The molecule has 0 aromatic heterocycles. The predicted molar refractivity (Wildman–Crippen MR) is 71.8 cm³/mol. The predicted octanol–water partition coefficient (Wildman–Crippen LogP) is 4.61. The Labute approximate surface area is 99.0 Å². The van der Waals surface area contributed by atoms with Gasteiger partial charge in [0.25, 0.3) is 0 Å². The van der Waals surface area contributed by atoms with E-state index in [9.17, 15) is 0 Å². The van der Waals surface area contributed by atoms with E-state index in [1.165, 1.54) is 22.3 Å². The van der Waals surface area contributed by atoms with Gasteiger partial charge in [-0.1, -0.05) is 59.7 Å². The topological polar surface area (TPSA) is 0 Å². The maximum Gasteiger partial charge on any atom is -0.0395 e. The standard InChI is InChI=1S/2C8H10/c1-7-3-5-8(2)6-4-7;1-7-5-3-4-6-8(7)2/h2*3-6H,1-2H3. The van der Waals surface area contributed by atoms with E-state index < -0.39 is 0 Å². The molecule has 0 saturated carbocycles. The molecule has 0 atom stereocenters. The molecule has 0 radical (unpaired) electrons. The number of rotatable bonds is 0. The Morgan fingerprint density at radius 2 is 0.812 bits per heavy atom. The van der Waals surface area contributed by atoms with E-state index in [0.29, 0.717) is 0 Å². The first-order valence-electron chi connectivity index (χ1n) is 5.65. The smallest absolute Gasteiger partial charge is 0.0395 e. The Morgan fingerprint density at radius 3 is 1.06 bits per heavy atom. The van der Waals surface area contributed by atoms with Crippen LogP contribution < -0.4 is 0 Å². The highest BCUT2D eigenvalue weighted by Gasteiger charge is 1.83. The summed E-state index contributed by atoms with van der Waals surface area (Å²) in [5.74, 6) is 0. The zero-order valence-electron chi connectivity index (χ0n) is 10.6. The molecule has 0 aliphatic carbocycles. The molecule has 2 aromatic rings. The van der Waals surface area contributed by atoms with Gasteiger partial charge in [-0.3, -0.25) is 0 Å². The lowest BCUT2D eigenvalue weighted by atomic mass is 10.1. The Bertz CT molecular complexity index is 382. The molecular formula is C16H20. The van der Waals surface area contributed by atoms with Crippen molar-refractivity contribution >= 4 is 0 Å². The van der Waals surface area contributed by atoms with Crippen LogP contribution in [0.25, 0.3) is 0 Å². The number of benzene rings is 2. The Balaban J connectivity index is 0.000000160. The quantitative estimate of drug-likeness (QED) is 0.598. The van der Waals surface area contributed by atoms with Crippen molar-refractivity contribution in [2.75, 3.05) is 0 Å². The van der Waals surface area contributed by atoms with Gasteiger partial charge in [0.1, 0.15) is 0 Å². The Kier molecular flexibility index (Phi) is 4.78. The minimum atomic E-state index is 1.33. The molecule has 2 rings (SSSR count). The third-order valence-corrected chi connectivity index (χ3v) is 2.64. The third kappa shape index (κ3) is 4.31. The van der Waals surface area contributed by atoms with Crippen LogP contribution in [-0.2, 0) is 0 Å². The molecule has 0 heteroatoms. The molecular weight excluding hydrogens is 192 g/mol. The van der Waals surface area contributed by atoms with Crippen LogP contribution in [0.3, 0.4) is 0 Å². The molecule has 0 fully saturated rings. The zero-order chi connectivity index (χ0) is 12.0. The summed E-state index contributed by atoms with van der Waals surface area (Å²) in [7, 11) is 0. The second-order valence-electron chi connectivity index (χ2n) is 4.24. The third-order valence-electron chi connectivity index (χ3n) is 2.64. The summed E-state index contributed by atoms with van der Waals surface area (Å²) in [4.78, 5) is 0. The first kappa shape index (κ1) is 12.5. The molecule has 0 N–H and O–H groups in total. The van der Waals surface area contributed by atoms with E-state index in [1.807, 2.05) is 0 Å². The molecule has 2 aromatic carbocycles. The van der Waals surface area contributed by atoms with Gasteiger partial charge in [0.15, 0.2) is 0 Å². The van der Waals surface area contributed by atoms with E-state index in [2.05, 4.69) is 76.2 Å². The molecule has 0 saturated heterocycles. The van der Waals surface area contributed by atoms with Gasteiger partial charge in [-0.15, -0.1) is 0 Å². The monoisotopic (exact) mass is 212 g/mol. The normalized spacial score (nSPS) is 9.25. The van der Waals surface area contributed by atoms with Gasteiger partial charge in [-0.25, -0.2) is 0 Å². The highest BCUT2D eigenvalue weighted by atomic mass is 13.9. The summed E-state index contributed by atoms with van der Waals surface area (Å²) in [6.45, 7) is 8.43. The van der Waals surface area contributed by atoms with Crippen LogP contribution in [0.1, 0.15) is 22.3 Å². The Hall–Kier alpha value is -1.56. The minimum Gasteiger partial charge on any atom is -0.0620 e. The fourth-order valence-electron chi connectivity index (χ4n) is 1.30. The van der Waals surface area contributed by atoms with Gasteiger partial charge in [-0.2, -0.15) is 0 Å². The van der Waals surface area contributed by atoms with Crippen molar-refractivity contribution in [1.82, 2.24) is 0 Å². The zero-order valence-corrected chi connectivity index (χ0v) is 10.6. The molecule has 0 unspecified atom stereocenters. The van der Waals surface area contributed by atoms with Crippen LogP contribution in [0.4, 0.5) is 0 Å². The van der Waals surface area contributed by atoms with Crippen molar-refractivity contribution in [1.29, 1.82) is 0 Å². The van der Waals surface area contributed by atoms with Gasteiger partial charge in [0.05, 0.1) is 0 Å². The van der Waals surface area contributed by atoms with Crippen molar-refractivity contribution < 1.29 is 0 Å². The van der Waals surface area contributed by atoms with Gasteiger partial charge < -0.3 is 0 Å². The number of hydrogen-bond acceptors (Lipinski definition) is 0. The summed E-state index contributed by atoms with van der Waals surface area (Å²) in [6, 6.07) is 16.8. The summed E-state index contributed by atoms with van der Waals surface area (Å²) < 4.78 is 0. The molecule has 0 amide bonds. The second kappa shape index (κ2) is 6.12. The van der Waals surface area contributed by atoms with Crippen molar-refractivity contribution in [3.05, 3.63) is 70.8 Å². The van der Waals surface area contributed by atoms with Crippen LogP contribution >= 0.6 is 0 Å². The van der Waals surface area contributed by atoms with E-state index in [4.69, 9.17) is 0 Å². The van der Waals surface area contributed by atoms with Crippen LogP contribution in [0.2, 0.25) is 0 Å². The van der Waals surface area contributed by atoms with Crippen LogP contribution in [-0.4, -0.2) is 0 Å².